The average molecular weight is 379 g/mol. The van der Waals surface area contributed by atoms with Crippen LogP contribution in [0.25, 0.3) is 0 Å². The van der Waals surface area contributed by atoms with Gasteiger partial charge in [-0.25, -0.2) is 4.79 Å². The van der Waals surface area contributed by atoms with Gasteiger partial charge in [-0.1, -0.05) is 43.3 Å². The summed E-state index contributed by atoms with van der Waals surface area (Å²) in [5.41, 5.74) is 2.65. The average Bonchev–Trinajstić information content (AvgIpc) is 2.69. The third-order valence-corrected chi connectivity index (χ3v) is 5.71. The first-order valence-corrected chi connectivity index (χ1v) is 9.80. The van der Waals surface area contributed by atoms with Crippen LogP contribution in [0.5, 0.6) is 0 Å². The van der Waals surface area contributed by atoms with Crippen molar-refractivity contribution >= 4 is 23.3 Å². The van der Waals surface area contributed by atoms with E-state index in [1.165, 1.54) is 0 Å². The fourth-order valence-corrected chi connectivity index (χ4v) is 4.46. The number of hydrogen-bond acceptors (Lipinski definition) is 3. The molecule has 0 aromatic heterocycles. The van der Waals surface area contributed by atoms with Crippen LogP contribution in [0.4, 0.5) is 16.2 Å². The molecule has 0 unspecified atom stereocenters. The summed E-state index contributed by atoms with van der Waals surface area (Å²) < 4.78 is 0. The molecule has 0 saturated carbocycles. The van der Waals surface area contributed by atoms with Crippen LogP contribution in [-0.4, -0.2) is 47.2 Å². The van der Waals surface area contributed by atoms with Crippen molar-refractivity contribution in [3.8, 4) is 0 Å². The van der Waals surface area contributed by atoms with E-state index < -0.39 is 0 Å². The lowest BCUT2D eigenvalue weighted by atomic mass is 9.72. The minimum Gasteiger partial charge on any atom is -0.394 e. The second-order valence-electron chi connectivity index (χ2n) is 7.36. The Bertz CT molecular complexity index is 870. The van der Waals surface area contributed by atoms with Crippen LogP contribution in [0.15, 0.2) is 54.6 Å². The Hall–Kier alpha value is -2.86. The van der Waals surface area contributed by atoms with Crippen molar-refractivity contribution in [2.75, 3.05) is 23.4 Å². The largest absolute Gasteiger partial charge is 0.394 e. The Labute approximate surface area is 164 Å². The van der Waals surface area contributed by atoms with E-state index in [1.807, 2.05) is 61.5 Å². The lowest BCUT2D eigenvalue weighted by molar-refractivity contribution is -0.119. The number of urea groups is 1. The number of aliphatic hydroxyl groups is 1. The van der Waals surface area contributed by atoms with E-state index in [-0.39, 0.29) is 36.5 Å². The van der Waals surface area contributed by atoms with Gasteiger partial charge in [0.25, 0.3) is 0 Å². The molecule has 28 heavy (non-hydrogen) atoms. The second kappa shape index (κ2) is 7.64. The highest BCUT2D eigenvalue weighted by Crippen LogP contribution is 2.48. The van der Waals surface area contributed by atoms with E-state index in [0.717, 1.165) is 17.7 Å². The molecule has 1 saturated heterocycles. The number of anilines is 2. The molecule has 0 spiro atoms. The first kappa shape index (κ1) is 18.5. The predicted octanol–water partition coefficient (Wildman–Crippen LogP) is 3.19. The highest BCUT2D eigenvalue weighted by molar-refractivity contribution is 5.96. The minimum atomic E-state index is -0.293. The summed E-state index contributed by atoms with van der Waals surface area (Å²) in [6.07, 6.45) is 1.26. The highest BCUT2D eigenvalue weighted by Gasteiger charge is 2.55. The maximum Gasteiger partial charge on any atom is 0.322 e. The van der Waals surface area contributed by atoms with E-state index in [2.05, 4.69) is 5.32 Å². The Morgan fingerprint density at radius 2 is 1.82 bits per heavy atom. The van der Waals surface area contributed by atoms with Crippen molar-refractivity contribution in [3.63, 3.8) is 0 Å². The zero-order chi connectivity index (χ0) is 19.7. The number of benzene rings is 2. The fourth-order valence-electron chi connectivity index (χ4n) is 4.46. The van der Waals surface area contributed by atoms with E-state index in [0.29, 0.717) is 18.7 Å². The maximum atomic E-state index is 12.9. The van der Waals surface area contributed by atoms with E-state index >= 15 is 0 Å². The summed E-state index contributed by atoms with van der Waals surface area (Å²) in [5.74, 6) is 0.109. The Balaban J connectivity index is 1.63. The van der Waals surface area contributed by atoms with Crippen LogP contribution >= 0.6 is 0 Å². The third-order valence-electron chi connectivity index (χ3n) is 5.71. The highest BCUT2D eigenvalue weighted by atomic mass is 16.3. The monoisotopic (exact) mass is 379 g/mol. The van der Waals surface area contributed by atoms with Gasteiger partial charge in [0.2, 0.25) is 5.91 Å². The molecule has 3 amide bonds. The quantitative estimate of drug-likeness (QED) is 0.857. The standard InChI is InChI=1S/C22H25N3O3/c1-2-8-20(27)24-13-18-21(16-11-6-7-12-17(16)24)19(14-26)25(18)22(28)23-15-9-4-3-5-10-15/h3-7,9-12,18-19,21,26H,2,8,13-14H2,1H3,(H,23,28)/t18-,19-,21+/m0/s1. The van der Waals surface area contributed by atoms with Gasteiger partial charge in [-0.3, -0.25) is 4.79 Å². The lowest BCUT2D eigenvalue weighted by Crippen LogP contribution is -2.71. The van der Waals surface area contributed by atoms with Crippen molar-refractivity contribution in [2.24, 2.45) is 0 Å². The van der Waals surface area contributed by atoms with Crippen molar-refractivity contribution in [3.05, 3.63) is 60.2 Å². The number of fused-ring (bicyclic) bond motifs is 3. The van der Waals surface area contributed by atoms with Crippen LogP contribution in [0.3, 0.4) is 0 Å². The normalized spacial score (nSPS) is 22.7. The van der Waals surface area contributed by atoms with Crippen LogP contribution in [0, 0.1) is 0 Å². The first-order chi connectivity index (χ1) is 13.7. The molecule has 2 N–H and O–H groups in total. The van der Waals surface area contributed by atoms with Gasteiger partial charge in [0, 0.05) is 30.3 Å². The molecule has 2 aliphatic heterocycles. The van der Waals surface area contributed by atoms with Crippen LogP contribution in [0.2, 0.25) is 0 Å². The zero-order valence-electron chi connectivity index (χ0n) is 15.9. The van der Waals surface area contributed by atoms with Gasteiger partial charge in [0.05, 0.1) is 18.7 Å². The summed E-state index contributed by atoms with van der Waals surface area (Å²) in [6.45, 7) is 2.33. The maximum absolute atomic E-state index is 12.9. The van der Waals surface area contributed by atoms with Crippen LogP contribution in [0.1, 0.15) is 31.2 Å². The lowest BCUT2D eigenvalue weighted by Gasteiger charge is -2.58. The molecule has 0 bridgehead atoms. The number of para-hydroxylation sites is 2. The number of carbonyl (C=O) groups is 2. The van der Waals surface area contributed by atoms with Crippen molar-refractivity contribution in [1.82, 2.24) is 4.90 Å². The first-order valence-electron chi connectivity index (χ1n) is 9.80. The molecule has 6 nitrogen and oxygen atoms in total. The molecule has 1 fully saturated rings. The molecule has 2 aromatic rings. The Morgan fingerprint density at radius 3 is 2.54 bits per heavy atom. The Morgan fingerprint density at radius 1 is 1.11 bits per heavy atom. The summed E-state index contributed by atoms with van der Waals surface area (Å²) in [7, 11) is 0. The molecule has 0 aliphatic carbocycles. The third kappa shape index (κ3) is 3.03. The molecule has 0 radical (unpaired) electrons. The van der Waals surface area contributed by atoms with Crippen LogP contribution in [-0.2, 0) is 4.79 Å². The Kier molecular flexibility index (Phi) is 5.05. The van der Waals surface area contributed by atoms with Gasteiger partial charge in [-0.05, 0) is 30.2 Å². The van der Waals surface area contributed by atoms with Crippen molar-refractivity contribution in [2.45, 2.75) is 37.8 Å². The van der Waals surface area contributed by atoms with Gasteiger partial charge < -0.3 is 20.2 Å². The number of likely N-dealkylation sites (tertiary alicyclic amines) is 1. The van der Waals surface area contributed by atoms with E-state index in [4.69, 9.17) is 0 Å². The number of nitrogens with zero attached hydrogens (tertiary/aromatic N) is 2. The van der Waals surface area contributed by atoms with Gasteiger partial charge in [-0.15, -0.1) is 0 Å². The van der Waals surface area contributed by atoms with Crippen molar-refractivity contribution < 1.29 is 14.7 Å². The van der Waals surface area contributed by atoms with Gasteiger partial charge >= 0.3 is 6.03 Å². The summed E-state index contributed by atoms with van der Waals surface area (Å²) in [4.78, 5) is 29.1. The molecule has 6 heteroatoms. The molecular formula is C22H25N3O3. The van der Waals surface area contributed by atoms with Gasteiger partial charge in [0.1, 0.15) is 0 Å². The number of hydrogen-bond donors (Lipinski definition) is 2. The summed E-state index contributed by atoms with van der Waals surface area (Å²) in [6, 6.07) is 16.4. The van der Waals surface area contributed by atoms with E-state index in [9.17, 15) is 14.7 Å². The van der Waals surface area contributed by atoms with Gasteiger partial charge in [0.15, 0.2) is 0 Å². The number of amides is 3. The molecule has 146 valence electrons. The smallest absolute Gasteiger partial charge is 0.322 e. The summed E-state index contributed by atoms with van der Waals surface area (Å²) >= 11 is 0. The molecule has 2 aromatic carbocycles. The minimum absolute atomic E-state index is 0.0356. The van der Waals surface area contributed by atoms with Crippen molar-refractivity contribution in [1.29, 1.82) is 0 Å². The van der Waals surface area contributed by atoms with Crippen LogP contribution < -0.4 is 10.2 Å². The molecule has 3 atom stereocenters. The topological polar surface area (TPSA) is 72.9 Å². The molecule has 2 heterocycles. The van der Waals surface area contributed by atoms with E-state index in [1.54, 1.807) is 9.80 Å². The number of rotatable bonds is 4. The SMILES string of the molecule is CCCC(=O)N1C[C@H]2[C@@H](c3ccccc31)[C@H](CO)N2C(=O)Nc1ccccc1. The zero-order valence-corrected chi connectivity index (χ0v) is 15.9. The molecular weight excluding hydrogens is 354 g/mol. The summed E-state index contributed by atoms with van der Waals surface area (Å²) in [5, 5.41) is 12.9. The number of aliphatic hydroxyl groups excluding tert-OH is 1. The number of carbonyl (C=O) groups excluding carboxylic acids is 2. The number of nitrogens with one attached hydrogen (secondary N) is 1. The van der Waals surface area contributed by atoms with Gasteiger partial charge in [-0.2, -0.15) is 0 Å². The predicted molar refractivity (Wildman–Crippen MR) is 108 cm³/mol. The molecule has 4 rings (SSSR count). The fraction of sp³-hybridized carbons (Fsp3) is 0.364. The second-order valence-corrected chi connectivity index (χ2v) is 7.36. The molecule has 2 aliphatic rings.